The van der Waals surface area contributed by atoms with Crippen LogP contribution in [0.4, 0.5) is 5.69 Å². The summed E-state index contributed by atoms with van der Waals surface area (Å²) in [5.41, 5.74) is 5.34. The maximum absolute atomic E-state index is 12.1. The molecule has 2 N–H and O–H groups in total. The standard InChI is InChI=1S/C17H12N6O4S2/c24-14(18-19-15(25)10-4-3-5-11(8-10)23(26)27)9-28-16-20-21-17-22(16)12-6-1-2-7-13(12)29-17/h1-8H,9H2,(H,18,24)(H,19,25). The van der Waals surface area contributed by atoms with Crippen LogP contribution in [0.1, 0.15) is 10.4 Å². The highest BCUT2D eigenvalue weighted by molar-refractivity contribution is 7.99. The summed E-state index contributed by atoms with van der Waals surface area (Å²) in [7, 11) is 0. The van der Waals surface area contributed by atoms with Gasteiger partial charge in [-0.25, -0.2) is 0 Å². The molecule has 0 radical (unpaired) electrons. The Kier molecular flexibility index (Phi) is 5.10. The third kappa shape index (κ3) is 3.88. The molecule has 0 aliphatic carbocycles. The predicted octanol–water partition coefficient (Wildman–Crippen LogP) is 2.41. The number of aromatic nitrogens is 3. The number of para-hydroxylation sites is 1. The van der Waals surface area contributed by atoms with Crippen molar-refractivity contribution >= 4 is 55.8 Å². The molecule has 0 fully saturated rings. The number of thiazole rings is 1. The molecule has 0 unspecified atom stereocenters. The lowest BCUT2D eigenvalue weighted by Gasteiger charge is -2.07. The quantitative estimate of drug-likeness (QED) is 0.283. The Balaban J connectivity index is 1.37. The third-order valence-electron chi connectivity index (χ3n) is 3.88. The number of hydrogen-bond acceptors (Lipinski definition) is 8. The Morgan fingerprint density at radius 1 is 1.14 bits per heavy atom. The maximum Gasteiger partial charge on any atom is 0.270 e. The van der Waals surface area contributed by atoms with E-state index in [4.69, 9.17) is 0 Å². The number of hydrogen-bond donors (Lipinski definition) is 2. The molecule has 2 amide bonds. The molecule has 12 heteroatoms. The van der Waals surface area contributed by atoms with Gasteiger partial charge in [-0.15, -0.1) is 10.2 Å². The van der Waals surface area contributed by atoms with Crippen LogP contribution in [0.3, 0.4) is 0 Å². The van der Waals surface area contributed by atoms with Gasteiger partial charge in [-0.3, -0.25) is 35.0 Å². The second-order valence-corrected chi connectivity index (χ2v) is 7.72. The smallest absolute Gasteiger partial charge is 0.270 e. The van der Waals surface area contributed by atoms with E-state index in [1.165, 1.54) is 41.3 Å². The lowest BCUT2D eigenvalue weighted by molar-refractivity contribution is -0.384. The molecule has 0 bridgehead atoms. The highest BCUT2D eigenvalue weighted by Gasteiger charge is 2.15. The summed E-state index contributed by atoms with van der Waals surface area (Å²) in [4.78, 5) is 35.1. The van der Waals surface area contributed by atoms with Gasteiger partial charge in [-0.05, 0) is 18.2 Å². The maximum atomic E-state index is 12.1. The number of nitrogens with zero attached hydrogens (tertiary/aromatic N) is 4. The van der Waals surface area contributed by atoms with Gasteiger partial charge in [0.05, 0.1) is 20.9 Å². The van der Waals surface area contributed by atoms with Crippen molar-refractivity contribution in [2.75, 3.05) is 5.75 Å². The van der Waals surface area contributed by atoms with E-state index in [9.17, 15) is 19.7 Å². The first kappa shape index (κ1) is 18.8. The minimum atomic E-state index is -0.652. The summed E-state index contributed by atoms with van der Waals surface area (Å²) in [6.07, 6.45) is 0. The minimum Gasteiger partial charge on any atom is -0.272 e. The zero-order valence-electron chi connectivity index (χ0n) is 14.6. The fourth-order valence-corrected chi connectivity index (χ4v) is 4.34. The highest BCUT2D eigenvalue weighted by Crippen LogP contribution is 2.29. The molecule has 0 aliphatic rings. The van der Waals surface area contributed by atoms with Crippen LogP contribution >= 0.6 is 23.1 Å². The van der Waals surface area contributed by atoms with Gasteiger partial charge in [0.2, 0.25) is 10.9 Å². The zero-order valence-corrected chi connectivity index (χ0v) is 16.2. The first-order valence-corrected chi connectivity index (χ1v) is 10.0. The Hall–Kier alpha value is -3.51. The Labute approximate surface area is 171 Å². The van der Waals surface area contributed by atoms with Crippen molar-refractivity contribution in [2.45, 2.75) is 5.16 Å². The summed E-state index contributed by atoms with van der Waals surface area (Å²) in [5.74, 6) is -1.11. The van der Waals surface area contributed by atoms with Crippen molar-refractivity contribution in [3.8, 4) is 0 Å². The topological polar surface area (TPSA) is 132 Å². The molecule has 0 spiro atoms. The number of nitro groups is 1. The van der Waals surface area contributed by atoms with Gasteiger partial charge in [0.25, 0.3) is 11.6 Å². The summed E-state index contributed by atoms with van der Waals surface area (Å²) < 4.78 is 2.94. The summed E-state index contributed by atoms with van der Waals surface area (Å²) in [6.45, 7) is 0. The molecule has 4 rings (SSSR count). The van der Waals surface area contributed by atoms with E-state index in [-0.39, 0.29) is 17.0 Å². The number of amides is 2. The van der Waals surface area contributed by atoms with Gasteiger partial charge in [0, 0.05) is 17.7 Å². The van der Waals surface area contributed by atoms with Crippen molar-refractivity contribution in [3.63, 3.8) is 0 Å². The van der Waals surface area contributed by atoms with Crippen molar-refractivity contribution in [1.29, 1.82) is 0 Å². The molecule has 2 aromatic carbocycles. The number of nitrogens with one attached hydrogen (secondary N) is 2. The number of benzene rings is 2. The van der Waals surface area contributed by atoms with E-state index >= 15 is 0 Å². The van der Waals surface area contributed by atoms with Crippen molar-refractivity contribution in [3.05, 3.63) is 64.2 Å². The average molecular weight is 428 g/mol. The van der Waals surface area contributed by atoms with Crippen LogP contribution in [-0.4, -0.2) is 37.1 Å². The SMILES string of the molecule is O=C(CSc1nnc2sc3ccccc3n12)NNC(=O)c1cccc([N+](=O)[O-])c1. The van der Waals surface area contributed by atoms with Gasteiger partial charge >= 0.3 is 0 Å². The van der Waals surface area contributed by atoms with E-state index in [0.29, 0.717) is 5.16 Å². The van der Waals surface area contributed by atoms with Gasteiger partial charge in [0.15, 0.2) is 5.16 Å². The Bertz CT molecular complexity index is 1250. The first-order chi connectivity index (χ1) is 14.0. The van der Waals surface area contributed by atoms with Gasteiger partial charge < -0.3 is 0 Å². The van der Waals surface area contributed by atoms with Crippen molar-refractivity contribution < 1.29 is 14.5 Å². The zero-order chi connectivity index (χ0) is 20.4. The number of carbonyl (C=O) groups is 2. The molecule has 10 nitrogen and oxygen atoms in total. The second kappa shape index (κ2) is 7.85. The van der Waals surface area contributed by atoms with Gasteiger partial charge in [-0.1, -0.05) is 41.3 Å². The van der Waals surface area contributed by atoms with Crippen molar-refractivity contribution in [1.82, 2.24) is 25.4 Å². The van der Waals surface area contributed by atoms with Crippen LogP contribution in [0.15, 0.2) is 53.7 Å². The largest absolute Gasteiger partial charge is 0.272 e. The van der Waals surface area contributed by atoms with Crippen molar-refractivity contribution in [2.24, 2.45) is 0 Å². The van der Waals surface area contributed by atoms with E-state index in [0.717, 1.165) is 21.2 Å². The summed E-state index contributed by atoms with van der Waals surface area (Å²) >= 11 is 2.68. The Morgan fingerprint density at radius 3 is 2.79 bits per heavy atom. The van der Waals surface area contributed by atoms with Crippen LogP contribution in [0, 0.1) is 10.1 Å². The van der Waals surface area contributed by atoms with E-state index < -0.39 is 16.7 Å². The third-order valence-corrected chi connectivity index (χ3v) is 5.82. The van der Waals surface area contributed by atoms with Crippen LogP contribution < -0.4 is 10.9 Å². The summed E-state index contributed by atoms with van der Waals surface area (Å²) in [5, 5.41) is 19.6. The molecule has 0 saturated carbocycles. The molecular formula is C17H12N6O4S2. The number of nitro benzene ring substituents is 1. The predicted molar refractivity (Wildman–Crippen MR) is 108 cm³/mol. The van der Waals surface area contributed by atoms with Gasteiger partial charge in [-0.2, -0.15) is 0 Å². The number of hydrazine groups is 1. The summed E-state index contributed by atoms with van der Waals surface area (Å²) in [6, 6.07) is 13.0. The number of thioether (sulfide) groups is 1. The average Bonchev–Trinajstić information content (AvgIpc) is 3.29. The Morgan fingerprint density at radius 2 is 1.97 bits per heavy atom. The number of rotatable bonds is 5. The monoisotopic (exact) mass is 428 g/mol. The number of non-ortho nitro benzene ring substituents is 1. The van der Waals surface area contributed by atoms with E-state index in [1.54, 1.807) is 0 Å². The molecule has 0 atom stereocenters. The molecule has 0 saturated heterocycles. The van der Waals surface area contributed by atoms with Crippen LogP contribution in [-0.2, 0) is 4.79 Å². The van der Waals surface area contributed by atoms with E-state index in [2.05, 4.69) is 21.0 Å². The van der Waals surface area contributed by atoms with Crippen LogP contribution in [0.25, 0.3) is 15.2 Å². The van der Waals surface area contributed by atoms with Crippen LogP contribution in [0.5, 0.6) is 0 Å². The normalized spacial score (nSPS) is 10.9. The number of carbonyl (C=O) groups excluding carboxylic acids is 2. The first-order valence-electron chi connectivity index (χ1n) is 8.22. The van der Waals surface area contributed by atoms with Gasteiger partial charge in [0.1, 0.15) is 0 Å². The molecule has 2 heterocycles. The van der Waals surface area contributed by atoms with E-state index in [1.807, 2.05) is 28.7 Å². The molecule has 0 aliphatic heterocycles. The fraction of sp³-hybridized carbons (Fsp3) is 0.0588. The highest BCUT2D eigenvalue weighted by atomic mass is 32.2. The van der Waals surface area contributed by atoms with Crippen LogP contribution in [0.2, 0.25) is 0 Å². The molecular weight excluding hydrogens is 416 g/mol. The lowest BCUT2D eigenvalue weighted by Crippen LogP contribution is -2.42. The molecule has 4 aromatic rings. The lowest BCUT2D eigenvalue weighted by atomic mass is 10.2. The second-order valence-electron chi connectivity index (χ2n) is 5.77. The fourth-order valence-electron chi connectivity index (χ4n) is 2.57. The minimum absolute atomic E-state index is 0.000183. The molecule has 2 aromatic heterocycles. The number of fused-ring (bicyclic) bond motifs is 3. The molecule has 29 heavy (non-hydrogen) atoms. The molecule has 146 valence electrons.